The van der Waals surface area contributed by atoms with Crippen molar-refractivity contribution in [3.63, 3.8) is 0 Å². The SMILES string of the molecule is C=C(C)CCC[Si](C)(C)C. The van der Waals surface area contributed by atoms with Crippen LogP contribution in [0.15, 0.2) is 12.2 Å². The lowest BCUT2D eigenvalue weighted by molar-refractivity contribution is 0.891. The first-order valence-electron chi connectivity index (χ1n) is 4.06. The van der Waals surface area contributed by atoms with E-state index in [0.29, 0.717) is 0 Å². The van der Waals surface area contributed by atoms with E-state index in [-0.39, 0.29) is 0 Å². The molecule has 0 unspecified atom stereocenters. The summed E-state index contributed by atoms with van der Waals surface area (Å²) in [6, 6.07) is 1.44. The highest BCUT2D eigenvalue weighted by Gasteiger charge is 2.11. The number of allylic oxidation sites excluding steroid dienone is 1. The van der Waals surface area contributed by atoms with Crippen molar-refractivity contribution in [2.75, 3.05) is 0 Å². The third-order valence-corrected chi connectivity index (χ3v) is 3.38. The van der Waals surface area contributed by atoms with Gasteiger partial charge in [0.05, 0.1) is 0 Å². The van der Waals surface area contributed by atoms with Crippen LogP contribution in [-0.4, -0.2) is 8.07 Å². The standard InChI is InChI=1S/C9H20Si/c1-9(2)7-6-8-10(3,4)5/h1,6-8H2,2-5H3. The van der Waals surface area contributed by atoms with Crippen molar-refractivity contribution in [3.8, 4) is 0 Å². The van der Waals surface area contributed by atoms with Crippen molar-refractivity contribution in [2.24, 2.45) is 0 Å². The Morgan fingerprint density at radius 3 is 2.10 bits per heavy atom. The molecule has 0 rings (SSSR count). The highest BCUT2D eigenvalue weighted by molar-refractivity contribution is 6.76. The zero-order valence-electron chi connectivity index (χ0n) is 7.83. The van der Waals surface area contributed by atoms with Gasteiger partial charge in [0.1, 0.15) is 0 Å². The molecular weight excluding hydrogens is 136 g/mol. The molecule has 0 aliphatic heterocycles. The Morgan fingerprint density at radius 1 is 1.30 bits per heavy atom. The quantitative estimate of drug-likeness (QED) is 0.430. The van der Waals surface area contributed by atoms with E-state index in [1.54, 1.807) is 0 Å². The lowest BCUT2D eigenvalue weighted by atomic mass is 10.2. The van der Waals surface area contributed by atoms with E-state index in [9.17, 15) is 0 Å². The van der Waals surface area contributed by atoms with E-state index in [0.717, 1.165) is 0 Å². The molecule has 0 spiro atoms. The lowest BCUT2D eigenvalue weighted by Crippen LogP contribution is -2.18. The van der Waals surface area contributed by atoms with Crippen LogP contribution in [-0.2, 0) is 0 Å². The van der Waals surface area contributed by atoms with Gasteiger partial charge in [0.25, 0.3) is 0 Å². The molecule has 0 amide bonds. The predicted octanol–water partition coefficient (Wildman–Crippen LogP) is 3.68. The van der Waals surface area contributed by atoms with Crippen molar-refractivity contribution >= 4 is 8.07 Å². The molecule has 10 heavy (non-hydrogen) atoms. The molecule has 0 aromatic carbocycles. The summed E-state index contributed by atoms with van der Waals surface area (Å²) < 4.78 is 0. The molecule has 0 nitrogen and oxygen atoms in total. The van der Waals surface area contributed by atoms with Gasteiger partial charge in [-0.25, -0.2) is 0 Å². The molecule has 0 aromatic rings. The summed E-state index contributed by atoms with van der Waals surface area (Å²) in [7, 11) is -0.765. The minimum Gasteiger partial charge on any atom is -0.100 e. The molecule has 0 N–H and O–H groups in total. The largest absolute Gasteiger partial charge is 0.100 e. The Bertz CT molecular complexity index is 108. The Balaban J connectivity index is 3.29. The molecule has 0 heterocycles. The fourth-order valence-electron chi connectivity index (χ4n) is 0.920. The first-order valence-corrected chi connectivity index (χ1v) is 7.77. The van der Waals surface area contributed by atoms with Gasteiger partial charge in [-0.05, 0) is 13.3 Å². The molecule has 0 bridgehead atoms. The molecular formula is C9H20Si. The summed E-state index contributed by atoms with van der Waals surface area (Å²) in [5, 5.41) is 0. The number of rotatable bonds is 4. The molecule has 0 aliphatic rings. The summed E-state index contributed by atoms with van der Waals surface area (Å²) in [6.07, 6.45) is 2.58. The Hall–Kier alpha value is -0.0431. The molecule has 0 aromatic heterocycles. The molecule has 0 radical (unpaired) electrons. The van der Waals surface area contributed by atoms with Gasteiger partial charge in [-0.1, -0.05) is 37.7 Å². The third-order valence-electron chi connectivity index (χ3n) is 1.53. The van der Waals surface area contributed by atoms with Crippen molar-refractivity contribution in [1.82, 2.24) is 0 Å². The van der Waals surface area contributed by atoms with E-state index >= 15 is 0 Å². The minimum absolute atomic E-state index is 0.765. The van der Waals surface area contributed by atoms with E-state index < -0.39 is 8.07 Å². The van der Waals surface area contributed by atoms with Crippen LogP contribution in [0.2, 0.25) is 25.7 Å². The first-order chi connectivity index (χ1) is 4.42. The van der Waals surface area contributed by atoms with Crippen LogP contribution in [0, 0.1) is 0 Å². The minimum atomic E-state index is -0.765. The van der Waals surface area contributed by atoms with Crippen LogP contribution in [0.25, 0.3) is 0 Å². The van der Waals surface area contributed by atoms with E-state index in [4.69, 9.17) is 0 Å². The first kappa shape index (κ1) is 9.96. The van der Waals surface area contributed by atoms with Crippen LogP contribution >= 0.6 is 0 Å². The lowest BCUT2D eigenvalue weighted by Gasteiger charge is -2.14. The van der Waals surface area contributed by atoms with Crippen LogP contribution in [0.1, 0.15) is 19.8 Å². The highest BCUT2D eigenvalue weighted by Crippen LogP contribution is 2.14. The fourth-order valence-corrected chi connectivity index (χ4v) is 2.16. The summed E-state index contributed by atoms with van der Waals surface area (Å²) in [4.78, 5) is 0. The molecule has 0 saturated heterocycles. The smallest absolute Gasteiger partial charge is 0.0442 e. The Labute approximate surface area is 66.4 Å². The zero-order chi connectivity index (χ0) is 8.20. The maximum atomic E-state index is 3.89. The Kier molecular flexibility index (Phi) is 3.95. The maximum absolute atomic E-state index is 3.89. The second-order valence-electron chi connectivity index (χ2n) is 4.37. The zero-order valence-corrected chi connectivity index (χ0v) is 8.83. The van der Waals surface area contributed by atoms with Gasteiger partial charge in [0.2, 0.25) is 0 Å². The summed E-state index contributed by atoms with van der Waals surface area (Å²) in [5.41, 5.74) is 1.33. The van der Waals surface area contributed by atoms with E-state index in [1.807, 2.05) is 0 Å². The fraction of sp³-hybridized carbons (Fsp3) is 0.778. The topological polar surface area (TPSA) is 0 Å². The summed E-state index contributed by atoms with van der Waals surface area (Å²) in [6.45, 7) is 13.3. The van der Waals surface area contributed by atoms with Crippen LogP contribution in [0.4, 0.5) is 0 Å². The third kappa shape index (κ3) is 7.96. The van der Waals surface area contributed by atoms with Gasteiger partial charge in [-0.15, -0.1) is 6.58 Å². The van der Waals surface area contributed by atoms with Gasteiger partial charge in [-0.3, -0.25) is 0 Å². The van der Waals surface area contributed by atoms with Crippen molar-refractivity contribution in [2.45, 2.75) is 45.5 Å². The molecule has 0 saturated carbocycles. The van der Waals surface area contributed by atoms with Gasteiger partial charge in [0.15, 0.2) is 0 Å². The van der Waals surface area contributed by atoms with E-state index in [2.05, 4.69) is 33.1 Å². The molecule has 1 heteroatoms. The molecule has 0 fully saturated rings. The van der Waals surface area contributed by atoms with Crippen molar-refractivity contribution in [3.05, 3.63) is 12.2 Å². The van der Waals surface area contributed by atoms with Crippen molar-refractivity contribution < 1.29 is 0 Å². The van der Waals surface area contributed by atoms with Crippen molar-refractivity contribution in [1.29, 1.82) is 0 Å². The van der Waals surface area contributed by atoms with Gasteiger partial charge in [-0.2, -0.15) is 0 Å². The summed E-state index contributed by atoms with van der Waals surface area (Å²) in [5.74, 6) is 0. The number of hydrogen-bond donors (Lipinski definition) is 0. The van der Waals surface area contributed by atoms with Crippen LogP contribution < -0.4 is 0 Å². The van der Waals surface area contributed by atoms with Gasteiger partial charge < -0.3 is 0 Å². The van der Waals surface area contributed by atoms with Crippen LogP contribution in [0.3, 0.4) is 0 Å². The maximum Gasteiger partial charge on any atom is 0.0442 e. The van der Waals surface area contributed by atoms with Gasteiger partial charge >= 0.3 is 0 Å². The highest BCUT2D eigenvalue weighted by atomic mass is 28.3. The Morgan fingerprint density at radius 2 is 1.80 bits per heavy atom. The van der Waals surface area contributed by atoms with Crippen LogP contribution in [0.5, 0.6) is 0 Å². The predicted molar refractivity (Wildman–Crippen MR) is 52.2 cm³/mol. The summed E-state index contributed by atoms with van der Waals surface area (Å²) >= 11 is 0. The number of hydrogen-bond acceptors (Lipinski definition) is 0. The van der Waals surface area contributed by atoms with Gasteiger partial charge in [0, 0.05) is 8.07 Å². The molecule has 0 atom stereocenters. The average Bonchev–Trinajstić information content (AvgIpc) is 1.59. The van der Waals surface area contributed by atoms with E-state index in [1.165, 1.54) is 24.5 Å². The monoisotopic (exact) mass is 156 g/mol. The molecule has 60 valence electrons. The average molecular weight is 156 g/mol. The molecule has 0 aliphatic carbocycles. The second-order valence-corrected chi connectivity index (χ2v) is 9.99. The second kappa shape index (κ2) is 3.97. The normalized spacial score (nSPS) is 11.6.